The van der Waals surface area contributed by atoms with Gasteiger partial charge in [-0.15, -0.1) is 5.10 Å². The highest BCUT2D eigenvalue weighted by molar-refractivity contribution is 7.92. The lowest BCUT2D eigenvalue weighted by Gasteiger charge is -2.07. The summed E-state index contributed by atoms with van der Waals surface area (Å²) in [6.07, 6.45) is 4.97. The molecule has 2 heterocycles. The Hall–Kier alpha value is -2.07. The molecule has 1 aliphatic rings. The summed E-state index contributed by atoms with van der Waals surface area (Å²) in [4.78, 5) is 3.94. The topological polar surface area (TPSA) is 126 Å². The second kappa shape index (κ2) is 5.37. The summed E-state index contributed by atoms with van der Waals surface area (Å²) in [5.41, 5.74) is 0.926. The molecule has 9 nitrogen and oxygen atoms in total. The minimum Gasteiger partial charge on any atom is -0.308 e. The van der Waals surface area contributed by atoms with Gasteiger partial charge in [0, 0.05) is 12.6 Å². The van der Waals surface area contributed by atoms with Gasteiger partial charge in [-0.25, -0.2) is 18.1 Å². The van der Waals surface area contributed by atoms with Crippen molar-refractivity contribution in [2.45, 2.75) is 37.2 Å². The normalized spacial score (nSPS) is 15.1. The van der Waals surface area contributed by atoms with Crippen LogP contribution in [0.4, 0.5) is 5.95 Å². The molecule has 0 bridgehead atoms. The highest BCUT2D eigenvalue weighted by Crippen LogP contribution is 2.22. The molecule has 3 rings (SSSR count). The Kier molecular flexibility index (Phi) is 3.55. The highest BCUT2D eigenvalue weighted by Gasteiger charge is 2.27. The van der Waals surface area contributed by atoms with Crippen molar-refractivity contribution in [3.8, 4) is 0 Å². The molecule has 0 aliphatic heterocycles. The van der Waals surface area contributed by atoms with Crippen LogP contribution in [-0.4, -0.2) is 39.8 Å². The van der Waals surface area contributed by atoms with Crippen molar-refractivity contribution in [2.75, 3.05) is 4.72 Å². The van der Waals surface area contributed by atoms with Gasteiger partial charge in [-0.05, 0) is 19.8 Å². The molecule has 0 spiro atoms. The first-order valence-electron chi connectivity index (χ1n) is 6.50. The van der Waals surface area contributed by atoms with Crippen LogP contribution >= 0.6 is 0 Å². The van der Waals surface area contributed by atoms with Crippen molar-refractivity contribution >= 4 is 16.0 Å². The molecule has 10 heteroatoms. The first-order valence-corrected chi connectivity index (χ1v) is 7.98. The Bertz CT molecular complexity index is 724. The minimum absolute atomic E-state index is 0.0702. The summed E-state index contributed by atoms with van der Waals surface area (Å²) in [5, 5.41) is 17.2. The fraction of sp³-hybridized carbons (Fsp3) is 0.455. The van der Waals surface area contributed by atoms with Crippen LogP contribution in [0, 0.1) is 6.92 Å². The molecule has 0 atom stereocenters. The van der Waals surface area contributed by atoms with Gasteiger partial charge in [0.1, 0.15) is 4.90 Å². The first-order chi connectivity index (χ1) is 10.1. The number of aromatic amines is 1. The highest BCUT2D eigenvalue weighted by atomic mass is 32.2. The Labute approximate surface area is 121 Å². The van der Waals surface area contributed by atoms with Crippen molar-refractivity contribution in [2.24, 2.45) is 0 Å². The predicted molar refractivity (Wildman–Crippen MR) is 73.8 cm³/mol. The molecular weight excluding hydrogens is 294 g/mol. The van der Waals surface area contributed by atoms with Crippen LogP contribution in [-0.2, 0) is 16.6 Å². The number of hydrogen-bond donors (Lipinski definition) is 3. The Morgan fingerprint density at radius 3 is 2.86 bits per heavy atom. The number of H-pyrrole nitrogens is 1. The first kappa shape index (κ1) is 13.9. The zero-order chi connectivity index (χ0) is 14.9. The quantitative estimate of drug-likeness (QED) is 0.683. The molecule has 2 aromatic heterocycles. The maximum Gasteiger partial charge on any atom is 0.267 e. The number of aromatic nitrogens is 5. The van der Waals surface area contributed by atoms with Gasteiger partial charge in [0.05, 0.1) is 23.8 Å². The van der Waals surface area contributed by atoms with Crippen LogP contribution in [0.2, 0.25) is 0 Å². The van der Waals surface area contributed by atoms with Gasteiger partial charge in [-0.2, -0.15) is 10.2 Å². The minimum atomic E-state index is -3.81. The summed E-state index contributed by atoms with van der Waals surface area (Å²) in [7, 11) is -3.81. The second-order valence-corrected chi connectivity index (χ2v) is 6.47. The SMILES string of the molecule is Cc1[nH]nc(CNC2CC2)c1S(=O)(=O)Nc1nccnn1. The van der Waals surface area contributed by atoms with Crippen LogP contribution in [0.1, 0.15) is 24.2 Å². The predicted octanol–water partition coefficient (Wildman–Crippen LogP) is -0.0441. The van der Waals surface area contributed by atoms with Gasteiger partial charge in [0.25, 0.3) is 16.0 Å². The monoisotopic (exact) mass is 309 g/mol. The lowest BCUT2D eigenvalue weighted by Crippen LogP contribution is -2.21. The van der Waals surface area contributed by atoms with E-state index in [0.717, 1.165) is 12.8 Å². The molecule has 21 heavy (non-hydrogen) atoms. The van der Waals surface area contributed by atoms with Crippen molar-refractivity contribution in [3.05, 3.63) is 23.8 Å². The van der Waals surface area contributed by atoms with E-state index in [1.807, 2.05) is 0 Å². The van der Waals surface area contributed by atoms with Crippen LogP contribution in [0.5, 0.6) is 0 Å². The third kappa shape index (κ3) is 3.16. The summed E-state index contributed by atoms with van der Waals surface area (Å²) < 4.78 is 27.2. The summed E-state index contributed by atoms with van der Waals surface area (Å²) in [5.74, 6) is -0.0702. The molecular formula is C11H15N7O2S. The lowest BCUT2D eigenvalue weighted by atomic mass is 10.3. The third-order valence-corrected chi connectivity index (χ3v) is 4.60. The van der Waals surface area contributed by atoms with E-state index < -0.39 is 10.0 Å². The Morgan fingerprint density at radius 1 is 1.38 bits per heavy atom. The molecule has 0 unspecified atom stereocenters. The van der Waals surface area contributed by atoms with E-state index in [0.29, 0.717) is 24.0 Å². The van der Waals surface area contributed by atoms with E-state index >= 15 is 0 Å². The van der Waals surface area contributed by atoms with Crippen LogP contribution in [0.25, 0.3) is 0 Å². The van der Waals surface area contributed by atoms with Gasteiger partial charge < -0.3 is 5.32 Å². The fourth-order valence-electron chi connectivity index (χ4n) is 1.94. The smallest absolute Gasteiger partial charge is 0.267 e. The van der Waals surface area contributed by atoms with Crippen molar-refractivity contribution in [1.82, 2.24) is 30.7 Å². The number of hydrogen-bond acceptors (Lipinski definition) is 7. The Morgan fingerprint density at radius 2 is 2.19 bits per heavy atom. The number of rotatable bonds is 6. The van der Waals surface area contributed by atoms with Gasteiger partial charge in [0.2, 0.25) is 0 Å². The fourth-order valence-corrected chi connectivity index (χ4v) is 3.25. The van der Waals surface area contributed by atoms with E-state index in [9.17, 15) is 8.42 Å². The molecule has 112 valence electrons. The van der Waals surface area contributed by atoms with E-state index in [2.05, 4.69) is 35.4 Å². The van der Waals surface area contributed by atoms with Crippen LogP contribution in [0.3, 0.4) is 0 Å². The standard InChI is InChI=1S/C11H15N7O2S/c1-7-10(9(16-15-7)6-13-8-2-3-8)21(19,20)18-11-12-4-5-14-17-11/h4-5,8,13H,2-3,6H2,1H3,(H,15,16)(H,12,17,18). The number of aryl methyl sites for hydroxylation is 1. The molecule has 1 aliphatic carbocycles. The average molecular weight is 309 g/mol. The van der Waals surface area contributed by atoms with E-state index in [-0.39, 0.29) is 10.8 Å². The summed E-state index contributed by atoms with van der Waals surface area (Å²) in [6, 6.07) is 0.465. The molecule has 0 radical (unpaired) electrons. The van der Waals surface area contributed by atoms with Crippen molar-refractivity contribution in [1.29, 1.82) is 0 Å². The average Bonchev–Trinajstić information content (AvgIpc) is 3.19. The number of sulfonamides is 1. The largest absolute Gasteiger partial charge is 0.308 e. The molecule has 2 aromatic rings. The number of anilines is 1. The zero-order valence-corrected chi connectivity index (χ0v) is 12.2. The maximum absolute atomic E-state index is 12.5. The van der Waals surface area contributed by atoms with Gasteiger partial charge in [-0.3, -0.25) is 5.10 Å². The van der Waals surface area contributed by atoms with Gasteiger partial charge >= 0.3 is 0 Å². The molecule has 3 N–H and O–H groups in total. The molecule has 0 aromatic carbocycles. The number of nitrogens with one attached hydrogen (secondary N) is 3. The molecule has 1 fully saturated rings. The van der Waals surface area contributed by atoms with E-state index in [1.54, 1.807) is 6.92 Å². The molecule has 0 saturated heterocycles. The molecule has 0 amide bonds. The third-order valence-electron chi connectivity index (χ3n) is 3.07. The van der Waals surface area contributed by atoms with Gasteiger partial charge in [0.15, 0.2) is 0 Å². The molecule has 1 saturated carbocycles. The van der Waals surface area contributed by atoms with E-state index in [1.165, 1.54) is 12.4 Å². The summed E-state index contributed by atoms with van der Waals surface area (Å²) in [6.45, 7) is 2.06. The van der Waals surface area contributed by atoms with Crippen LogP contribution < -0.4 is 10.0 Å². The van der Waals surface area contributed by atoms with Crippen molar-refractivity contribution in [3.63, 3.8) is 0 Å². The second-order valence-electron chi connectivity index (χ2n) is 4.85. The van der Waals surface area contributed by atoms with E-state index in [4.69, 9.17) is 0 Å². The Balaban J connectivity index is 1.85. The summed E-state index contributed by atoms with van der Waals surface area (Å²) >= 11 is 0. The van der Waals surface area contributed by atoms with Crippen LogP contribution in [0.15, 0.2) is 17.3 Å². The zero-order valence-electron chi connectivity index (χ0n) is 11.4. The van der Waals surface area contributed by atoms with Crippen molar-refractivity contribution < 1.29 is 8.42 Å². The maximum atomic E-state index is 12.5. The number of nitrogens with zero attached hydrogens (tertiary/aromatic N) is 4. The lowest BCUT2D eigenvalue weighted by molar-refractivity contribution is 0.596. The van der Waals surface area contributed by atoms with Gasteiger partial charge in [-0.1, -0.05) is 0 Å².